The molecule has 8 N–H and O–H groups in total. The summed E-state index contributed by atoms with van der Waals surface area (Å²) in [5.74, 6) is -1.16. The number of fused-ring (bicyclic) bond motifs is 2. The van der Waals surface area contributed by atoms with E-state index in [2.05, 4.69) is 39.7 Å². The van der Waals surface area contributed by atoms with Crippen molar-refractivity contribution in [3.05, 3.63) is 102 Å². The number of aliphatic hydroxyl groups is 2. The van der Waals surface area contributed by atoms with Crippen molar-refractivity contribution in [2.45, 2.75) is 48.7 Å². The van der Waals surface area contributed by atoms with Crippen LogP contribution in [0, 0.1) is 0 Å². The van der Waals surface area contributed by atoms with Crippen molar-refractivity contribution in [2.75, 3.05) is 29.6 Å². The number of thioether (sulfide) groups is 1. The molecule has 0 spiro atoms. The van der Waals surface area contributed by atoms with Gasteiger partial charge in [-0.05, 0) is 23.3 Å². The van der Waals surface area contributed by atoms with E-state index in [1.165, 1.54) is 11.8 Å². The molecule has 2 saturated heterocycles. The first-order chi connectivity index (χ1) is 25.2. The molecule has 0 aliphatic carbocycles. The molecule has 3 aliphatic rings. The van der Waals surface area contributed by atoms with Gasteiger partial charge in [0.05, 0.1) is 17.2 Å². The fourth-order valence-electron chi connectivity index (χ4n) is 5.66. The van der Waals surface area contributed by atoms with E-state index in [1.807, 2.05) is 0 Å². The van der Waals surface area contributed by atoms with Gasteiger partial charge in [-0.15, -0.1) is 0 Å². The highest BCUT2D eigenvalue weighted by Gasteiger charge is 2.46. The Balaban J connectivity index is 0.000000198. The molecule has 3 aromatic heterocycles. The number of nitrogens with zero attached hydrogens (tertiary/aromatic N) is 4. The van der Waals surface area contributed by atoms with E-state index in [9.17, 15) is 34.2 Å². The molecule has 7 rings (SSSR count). The van der Waals surface area contributed by atoms with Crippen LogP contribution in [0.15, 0.2) is 85.5 Å². The molecule has 3 aliphatic heterocycles. The van der Waals surface area contributed by atoms with Crippen LogP contribution in [0.4, 0.5) is 17.7 Å². The number of rotatable bonds is 7. The average molecular weight is 769 g/mol. The highest BCUT2D eigenvalue weighted by molar-refractivity contribution is 8.03. The SMILES string of the molecule is C=C1[C@@H](O)[C@H](N2C(=C)Sc3c2nc(N)[nH]c3=O)O[C@@H]1CO.C=C1[C@@H](OC(C)=O)[C@H](n2c(=O)sc3c(=O)[nH]c(N)nc32)O[C@@H]1COC(=O)c1ccccc1. The number of nitrogens with one attached hydrogen (secondary N) is 2. The van der Waals surface area contributed by atoms with Crippen LogP contribution in [0.5, 0.6) is 0 Å². The third-order valence-corrected chi connectivity index (χ3v) is 10.1. The highest BCUT2D eigenvalue weighted by atomic mass is 32.2. The lowest BCUT2D eigenvalue weighted by molar-refractivity contribution is -0.151. The van der Waals surface area contributed by atoms with Crippen molar-refractivity contribution in [2.24, 2.45) is 0 Å². The molecule has 0 saturated carbocycles. The molecule has 0 unspecified atom stereocenters. The van der Waals surface area contributed by atoms with Gasteiger partial charge in [0.2, 0.25) is 11.9 Å². The first-order valence-electron chi connectivity index (χ1n) is 15.5. The van der Waals surface area contributed by atoms with Gasteiger partial charge in [-0.25, -0.2) is 4.79 Å². The Labute approximate surface area is 306 Å². The fourth-order valence-corrected chi connectivity index (χ4v) is 7.41. The van der Waals surface area contributed by atoms with Crippen LogP contribution in [-0.2, 0) is 23.7 Å². The maximum absolute atomic E-state index is 12.7. The van der Waals surface area contributed by atoms with Gasteiger partial charge in [-0.2, -0.15) is 9.97 Å². The van der Waals surface area contributed by atoms with E-state index in [1.54, 1.807) is 30.3 Å². The Morgan fingerprint density at radius 2 is 1.64 bits per heavy atom. The summed E-state index contributed by atoms with van der Waals surface area (Å²) in [4.78, 5) is 74.8. The normalized spacial score (nSPS) is 23.5. The van der Waals surface area contributed by atoms with Crippen LogP contribution < -0.4 is 32.4 Å². The molecule has 19 nitrogen and oxygen atoms in total. The van der Waals surface area contributed by atoms with Crippen molar-refractivity contribution < 1.29 is 38.7 Å². The molecule has 53 heavy (non-hydrogen) atoms. The van der Waals surface area contributed by atoms with Crippen LogP contribution in [0.25, 0.3) is 10.3 Å². The molecule has 21 heteroatoms. The van der Waals surface area contributed by atoms with Crippen LogP contribution in [0.3, 0.4) is 0 Å². The number of aromatic nitrogens is 5. The lowest BCUT2D eigenvalue weighted by Gasteiger charge is -2.27. The second kappa shape index (κ2) is 14.8. The van der Waals surface area contributed by atoms with E-state index in [4.69, 9.17) is 30.4 Å². The number of benzene rings is 1. The number of carbonyl (C=O) groups excluding carboxylic acids is 2. The van der Waals surface area contributed by atoms with Crippen molar-refractivity contribution in [3.63, 3.8) is 0 Å². The molecule has 6 heterocycles. The first kappa shape index (κ1) is 37.2. The van der Waals surface area contributed by atoms with E-state index in [-0.39, 0.29) is 52.4 Å². The van der Waals surface area contributed by atoms with Gasteiger partial charge in [0.25, 0.3) is 11.1 Å². The van der Waals surface area contributed by atoms with Crippen LogP contribution in [0.1, 0.15) is 23.5 Å². The van der Waals surface area contributed by atoms with Crippen molar-refractivity contribution in [3.8, 4) is 0 Å². The smallest absolute Gasteiger partial charge is 0.338 e. The lowest BCUT2D eigenvalue weighted by Crippen LogP contribution is -2.40. The molecule has 6 atom stereocenters. The van der Waals surface area contributed by atoms with Gasteiger partial charge in [0.1, 0.15) is 34.5 Å². The number of hydrogen-bond acceptors (Lipinski definition) is 18. The summed E-state index contributed by atoms with van der Waals surface area (Å²) in [6, 6.07) is 8.36. The van der Waals surface area contributed by atoms with E-state index >= 15 is 0 Å². The number of aromatic amines is 2. The third-order valence-electron chi connectivity index (χ3n) is 8.14. The van der Waals surface area contributed by atoms with Gasteiger partial charge in [0.15, 0.2) is 30.0 Å². The second-order valence-electron chi connectivity index (χ2n) is 11.6. The number of nitrogens with two attached hydrogens (primary N) is 2. The summed E-state index contributed by atoms with van der Waals surface area (Å²) in [6.07, 6.45) is -5.70. The van der Waals surface area contributed by atoms with E-state index < -0.39 is 59.2 Å². The number of ether oxygens (including phenoxy) is 4. The number of nitrogen functional groups attached to an aromatic ring is 2. The number of thiazole rings is 1. The summed E-state index contributed by atoms with van der Waals surface area (Å²) < 4.78 is 23.3. The number of esters is 2. The maximum Gasteiger partial charge on any atom is 0.338 e. The van der Waals surface area contributed by atoms with Gasteiger partial charge in [-0.3, -0.25) is 38.6 Å². The number of hydrogen-bond donors (Lipinski definition) is 6. The minimum Gasteiger partial charge on any atom is -0.459 e. The Morgan fingerprint density at radius 1 is 0.981 bits per heavy atom. The topological polar surface area (TPSA) is 280 Å². The predicted molar refractivity (Wildman–Crippen MR) is 192 cm³/mol. The Bertz CT molecular complexity index is 2320. The van der Waals surface area contributed by atoms with Gasteiger partial charge in [0, 0.05) is 6.92 Å². The summed E-state index contributed by atoms with van der Waals surface area (Å²) >= 11 is 1.77. The third kappa shape index (κ3) is 7.12. The lowest BCUT2D eigenvalue weighted by atomic mass is 10.1. The summed E-state index contributed by atoms with van der Waals surface area (Å²) in [7, 11) is 0. The zero-order chi connectivity index (χ0) is 38.3. The van der Waals surface area contributed by atoms with Crippen molar-refractivity contribution in [1.29, 1.82) is 0 Å². The van der Waals surface area contributed by atoms with E-state index in [0.29, 0.717) is 32.4 Å². The van der Waals surface area contributed by atoms with E-state index in [0.717, 1.165) is 16.3 Å². The molecular weight excluding hydrogens is 737 g/mol. The molecule has 0 amide bonds. The predicted octanol–water partition coefficient (Wildman–Crippen LogP) is 0.341. The highest BCUT2D eigenvalue weighted by Crippen LogP contribution is 2.46. The van der Waals surface area contributed by atoms with Gasteiger partial charge < -0.3 is 40.6 Å². The number of carbonyl (C=O) groups is 2. The van der Waals surface area contributed by atoms with Crippen LogP contribution in [-0.4, -0.2) is 90.5 Å². The molecule has 2 fully saturated rings. The standard InChI is InChI=1S/C20H18N4O7S.C12H14N4O4S/c1-9-12(8-29-18(27)11-6-4-3-5-7-11)31-17(13(9)30-10(2)25)24-15-14(32-20(24)28)16(26)23-19(21)22-15;1-4-6(3-17)20-11(7(4)18)16-5(2)21-8-9(16)14-12(13)15-10(8)19/h3-7,12-13,17H,1,8H2,2H3,(H3,21,22,23,26);6-7,11,17-18H,1-3H2,(H3,13,14,15,19)/t12-,13-,17-;6-,7-,11-/m11/s1. The monoisotopic (exact) mass is 768 g/mol. The fraction of sp³-hybridized carbons (Fsp3) is 0.281. The number of anilines is 3. The van der Waals surface area contributed by atoms with Gasteiger partial charge in [-0.1, -0.05) is 61.0 Å². The summed E-state index contributed by atoms with van der Waals surface area (Å²) in [6.45, 7) is 12.1. The molecule has 1 aromatic carbocycles. The minimum atomic E-state index is -1.18. The largest absolute Gasteiger partial charge is 0.459 e. The number of H-pyrrole nitrogens is 2. The zero-order valence-electron chi connectivity index (χ0n) is 27.7. The average Bonchev–Trinajstić information content (AvgIpc) is 3.80. The van der Waals surface area contributed by atoms with Gasteiger partial charge >= 0.3 is 16.8 Å². The van der Waals surface area contributed by atoms with Crippen molar-refractivity contribution in [1.82, 2.24) is 24.5 Å². The number of aliphatic hydroxyl groups excluding tert-OH is 2. The minimum absolute atomic E-state index is 0.0156. The summed E-state index contributed by atoms with van der Waals surface area (Å²) in [5.41, 5.74) is 11.2. The molecule has 278 valence electrons. The Kier molecular flexibility index (Phi) is 10.4. The maximum atomic E-state index is 12.7. The second-order valence-corrected chi connectivity index (χ2v) is 13.7. The molecule has 0 bridgehead atoms. The van der Waals surface area contributed by atoms with Crippen molar-refractivity contribution >= 4 is 63.1 Å². The Morgan fingerprint density at radius 3 is 2.30 bits per heavy atom. The Hall–Kier alpha value is -5.58. The zero-order valence-corrected chi connectivity index (χ0v) is 29.3. The van der Waals surface area contributed by atoms with Crippen LogP contribution >= 0.6 is 23.1 Å². The van der Waals surface area contributed by atoms with Crippen LogP contribution in [0.2, 0.25) is 0 Å². The molecular formula is C32H32N8O11S2. The summed E-state index contributed by atoms with van der Waals surface area (Å²) in [5, 5.41) is 19.9. The quantitative estimate of drug-likeness (QED) is 0.109. The molecule has 0 radical (unpaired) electrons. The molecule has 4 aromatic rings. The first-order valence-corrected chi connectivity index (χ1v) is 17.2.